The van der Waals surface area contributed by atoms with Crippen molar-refractivity contribution in [3.8, 4) is 0 Å². The van der Waals surface area contributed by atoms with Gasteiger partial charge in [0, 0.05) is 32.7 Å². The van der Waals surface area contributed by atoms with Crippen molar-refractivity contribution in [1.82, 2.24) is 4.98 Å². The number of fused-ring (bicyclic) bond motifs is 2. The maximum absolute atomic E-state index is 11.9. The molecule has 4 heteroatoms. The molecule has 0 spiro atoms. The van der Waals surface area contributed by atoms with Crippen LogP contribution in [0.5, 0.6) is 0 Å². The van der Waals surface area contributed by atoms with Crippen molar-refractivity contribution in [3.63, 3.8) is 0 Å². The molecule has 0 saturated heterocycles. The molecule has 0 aliphatic carbocycles. The van der Waals surface area contributed by atoms with Crippen molar-refractivity contribution >= 4 is 32.8 Å². The van der Waals surface area contributed by atoms with Gasteiger partial charge >= 0.3 is 5.97 Å². The van der Waals surface area contributed by atoms with E-state index in [-0.39, 0.29) is 12.1 Å². The summed E-state index contributed by atoms with van der Waals surface area (Å²) in [7, 11) is 0. The first-order valence-corrected chi connectivity index (χ1v) is 7.10. The number of carbonyl (C=O) groups excluding carboxylic acids is 1. The minimum Gasteiger partial charge on any atom is -0.449 e. The molecule has 3 nitrogen and oxygen atoms in total. The lowest BCUT2D eigenvalue weighted by molar-refractivity contribution is 0.0458. The molecule has 0 radical (unpaired) electrons. The molecule has 0 saturated carbocycles. The van der Waals surface area contributed by atoms with E-state index in [2.05, 4.69) is 20.9 Å². The lowest BCUT2D eigenvalue weighted by Gasteiger charge is -2.09. The first-order valence-electron chi connectivity index (χ1n) is 6.30. The molecule has 1 aliphatic heterocycles. The van der Waals surface area contributed by atoms with Gasteiger partial charge in [-0.2, -0.15) is 0 Å². The van der Waals surface area contributed by atoms with Gasteiger partial charge in [-0.15, -0.1) is 0 Å². The Morgan fingerprint density at radius 2 is 1.95 bits per heavy atom. The number of esters is 1. The van der Waals surface area contributed by atoms with Gasteiger partial charge in [-0.25, -0.2) is 4.79 Å². The lowest BCUT2D eigenvalue weighted by Crippen LogP contribution is -1.99. The third-order valence-electron chi connectivity index (χ3n) is 3.65. The zero-order valence-electron chi connectivity index (χ0n) is 10.4. The minimum atomic E-state index is -0.332. The fourth-order valence-corrected chi connectivity index (χ4v) is 3.07. The monoisotopic (exact) mass is 327 g/mol. The van der Waals surface area contributed by atoms with Gasteiger partial charge in [-0.1, -0.05) is 34.1 Å². The minimum absolute atomic E-state index is 0.255. The summed E-state index contributed by atoms with van der Waals surface area (Å²) in [6.07, 6.45) is 1.58. The molecule has 20 heavy (non-hydrogen) atoms. The van der Waals surface area contributed by atoms with Crippen LogP contribution in [0, 0.1) is 0 Å². The number of aromatic amines is 1. The number of hydrogen-bond donors (Lipinski definition) is 1. The van der Waals surface area contributed by atoms with Crippen LogP contribution >= 0.6 is 15.9 Å². The van der Waals surface area contributed by atoms with Crippen LogP contribution < -0.4 is 0 Å². The summed E-state index contributed by atoms with van der Waals surface area (Å²) in [4.78, 5) is 15.2. The van der Waals surface area contributed by atoms with Crippen LogP contribution in [0.4, 0.5) is 0 Å². The van der Waals surface area contributed by atoms with E-state index in [4.69, 9.17) is 4.74 Å². The molecule has 1 aliphatic rings. The lowest BCUT2D eigenvalue weighted by atomic mass is 9.99. The first-order chi connectivity index (χ1) is 9.74. The van der Waals surface area contributed by atoms with Crippen molar-refractivity contribution < 1.29 is 9.53 Å². The van der Waals surface area contributed by atoms with Crippen molar-refractivity contribution in [2.24, 2.45) is 0 Å². The average molecular weight is 328 g/mol. The van der Waals surface area contributed by atoms with Crippen LogP contribution in [-0.4, -0.2) is 11.0 Å². The molecule has 98 valence electrons. The molecule has 0 bridgehead atoms. The van der Waals surface area contributed by atoms with E-state index in [1.807, 2.05) is 48.7 Å². The Kier molecular flexibility index (Phi) is 2.47. The molecule has 1 N–H and O–H groups in total. The molecule has 0 fully saturated rings. The van der Waals surface area contributed by atoms with Gasteiger partial charge in [0.05, 0.1) is 5.56 Å². The van der Waals surface area contributed by atoms with Crippen LogP contribution in [0.3, 0.4) is 0 Å². The van der Waals surface area contributed by atoms with Crippen LogP contribution in [0.25, 0.3) is 10.9 Å². The SMILES string of the molecule is O=C1OC(c2c[nH]c3ccc(Br)cc23)c2ccccc21. The quantitative estimate of drug-likeness (QED) is 0.681. The number of halogens is 1. The highest BCUT2D eigenvalue weighted by Gasteiger charge is 2.33. The van der Waals surface area contributed by atoms with E-state index in [0.29, 0.717) is 5.56 Å². The van der Waals surface area contributed by atoms with Gasteiger partial charge in [-0.3, -0.25) is 0 Å². The summed E-state index contributed by atoms with van der Waals surface area (Å²) in [5.74, 6) is -0.255. The van der Waals surface area contributed by atoms with E-state index in [1.165, 1.54) is 0 Å². The van der Waals surface area contributed by atoms with Crippen molar-refractivity contribution in [2.75, 3.05) is 0 Å². The van der Waals surface area contributed by atoms with E-state index >= 15 is 0 Å². The molecule has 1 unspecified atom stereocenters. The largest absolute Gasteiger partial charge is 0.449 e. The predicted octanol–water partition coefficient (Wildman–Crippen LogP) is 4.19. The highest BCUT2D eigenvalue weighted by atomic mass is 79.9. The number of ether oxygens (including phenoxy) is 1. The predicted molar refractivity (Wildman–Crippen MR) is 79.7 cm³/mol. The van der Waals surface area contributed by atoms with Crippen LogP contribution in [-0.2, 0) is 4.74 Å². The standard InChI is InChI=1S/C16H10BrNO2/c17-9-5-6-14-12(7-9)13(8-18-14)15-10-3-1-2-4-11(10)16(19)20-15/h1-8,15,18H. The summed E-state index contributed by atoms with van der Waals surface area (Å²) in [5, 5.41) is 1.06. The third kappa shape index (κ3) is 1.61. The maximum atomic E-state index is 11.9. The molecule has 3 aromatic rings. The highest BCUT2D eigenvalue weighted by Crippen LogP contribution is 2.39. The number of H-pyrrole nitrogens is 1. The Labute approximate surface area is 123 Å². The third-order valence-corrected chi connectivity index (χ3v) is 4.14. The molecule has 2 heterocycles. The fourth-order valence-electron chi connectivity index (χ4n) is 2.71. The van der Waals surface area contributed by atoms with Gasteiger partial charge in [-0.05, 0) is 24.3 Å². The second-order valence-electron chi connectivity index (χ2n) is 4.81. The Hall–Kier alpha value is -2.07. The maximum Gasteiger partial charge on any atom is 0.339 e. The molecule has 2 aromatic carbocycles. The van der Waals surface area contributed by atoms with E-state index < -0.39 is 0 Å². The number of cyclic esters (lactones) is 1. The van der Waals surface area contributed by atoms with Gasteiger partial charge in [0.15, 0.2) is 6.10 Å². The number of hydrogen-bond acceptors (Lipinski definition) is 2. The normalized spacial score (nSPS) is 17.2. The molecular formula is C16H10BrNO2. The smallest absolute Gasteiger partial charge is 0.339 e. The second kappa shape index (κ2) is 4.21. The van der Waals surface area contributed by atoms with E-state index in [9.17, 15) is 4.79 Å². The van der Waals surface area contributed by atoms with Crippen molar-refractivity contribution in [3.05, 3.63) is 69.8 Å². The molecular weight excluding hydrogens is 318 g/mol. The van der Waals surface area contributed by atoms with Crippen LogP contribution in [0.15, 0.2) is 53.1 Å². The van der Waals surface area contributed by atoms with Gasteiger partial charge in [0.25, 0.3) is 0 Å². The second-order valence-corrected chi connectivity index (χ2v) is 5.72. The Morgan fingerprint density at radius 3 is 2.85 bits per heavy atom. The van der Waals surface area contributed by atoms with Crippen molar-refractivity contribution in [2.45, 2.75) is 6.10 Å². The number of nitrogens with one attached hydrogen (secondary N) is 1. The molecule has 0 amide bonds. The molecule has 4 rings (SSSR count). The average Bonchev–Trinajstić information content (AvgIpc) is 3.00. The topological polar surface area (TPSA) is 42.1 Å². The highest BCUT2D eigenvalue weighted by molar-refractivity contribution is 9.10. The zero-order valence-corrected chi connectivity index (χ0v) is 12.0. The van der Waals surface area contributed by atoms with Gasteiger partial charge in [0.2, 0.25) is 0 Å². The van der Waals surface area contributed by atoms with E-state index in [0.717, 1.165) is 26.5 Å². The number of benzene rings is 2. The summed E-state index contributed by atoms with van der Waals surface area (Å²) in [5.41, 5.74) is 3.60. The first kappa shape index (κ1) is 11.7. The zero-order chi connectivity index (χ0) is 13.7. The summed E-state index contributed by atoms with van der Waals surface area (Å²) >= 11 is 3.48. The van der Waals surface area contributed by atoms with E-state index in [1.54, 1.807) is 0 Å². The number of carbonyl (C=O) groups is 1. The summed E-state index contributed by atoms with van der Waals surface area (Å²) < 4.78 is 6.55. The fraction of sp³-hybridized carbons (Fsp3) is 0.0625. The Bertz CT molecular complexity index is 837. The summed E-state index contributed by atoms with van der Waals surface area (Å²) in [6, 6.07) is 13.6. The Balaban J connectivity index is 1.93. The van der Waals surface area contributed by atoms with Gasteiger partial charge in [0.1, 0.15) is 0 Å². The van der Waals surface area contributed by atoms with Crippen LogP contribution in [0.1, 0.15) is 27.6 Å². The number of aromatic nitrogens is 1. The summed E-state index contributed by atoms with van der Waals surface area (Å²) in [6.45, 7) is 0. The number of rotatable bonds is 1. The molecule has 1 aromatic heterocycles. The molecule has 1 atom stereocenters. The van der Waals surface area contributed by atoms with Gasteiger partial charge < -0.3 is 9.72 Å². The Morgan fingerprint density at radius 1 is 1.10 bits per heavy atom. The van der Waals surface area contributed by atoms with Crippen molar-refractivity contribution in [1.29, 1.82) is 0 Å². The van der Waals surface area contributed by atoms with Crippen LogP contribution in [0.2, 0.25) is 0 Å².